The number of halogens is 1. The molecule has 0 atom stereocenters. The Hall–Kier alpha value is -3.12. The molecule has 0 fully saturated rings. The molecule has 0 bridgehead atoms. The summed E-state index contributed by atoms with van der Waals surface area (Å²) in [7, 11) is 0. The summed E-state index contributed by atoms with van der Waals surface area (Å²) in [6, 6.07) is 13.7. The SMILES string of the molecule is CC(C)c1c(C(=O)Nc2ccc(C(N)=O)cc2)cnn1-c1cccc(Cl)c1. The first-order chi connectivity index (χ1) is 12.9. The molecule has 2 amide bonds. The molecule has 0 spiro atoms. The van der Waals surface area contributed by atoms with Gasteiger partial charge in [-0.2, -0.15) is 5.10 Å². The molecule has 0 aliphatic carbocycles. The normalized spacial score (nSPS) is 10.8. The highest BCUT2D eigenvalue weighted by Crippen LogP contribution is 2.25. The second-order valence-electron chi connectivity index (χ2n) is 6.39. The molecule has 0 radical (unpaired) electrons. The van der Waals surface area contributed by atoms with Crippen LogP contribution in [0.4, 0.5) is 5.69 Å². The third-order valence-electron chi connectivity index (χ3n) is 4.08. The van der Waals surface area contributed by atoms with Crippen molar-refractivity contribution in [3.8, 4) is 5.69 Å². The Kier molecular flexibility index (Phi) is 5.28. The minimum atomic E-state index is -0.516. The average molecular weight is 383 g/mol. The lowest BCUT2D eigenvalue weighted by atomic mass is 10.0. The fourth-order valence-electron chi connectivity index (χ4n) is 2.82. The Morgan fingerprint density at radius 2 is 1.85 bits per heavy atom. The molecule has 3 N–H and O–H groups in total. The first-order valence-corrected chi connectivity index (χ1v) is 8.79. The van der Waals surface area contributed by atoms with Crippen LogP contribution in [0.3, 0.4) is 0 Å². The summed E-state index contributed by atoms with van der Waals surface area (Å²) < 4.78 is 1.72. The minimum Gasteiger partial charge on any atom is -0.366 e. The van der Waals surface area contributed by atoms with E-state index in [2.05, 4.69) is 10.4 Å². The van der Waals surface area contributed by atoms with Gasteiger partial charge in [-0.25, -0.2) is 4.68 Å². The summed E-state index contributed by atoms with van der Waals surface area (Å²) in [5.74, 6) is -0.735. The molecule has 1 heterocycles. The van der Waals surface area contributed by atoms with Crippen LogP contribution < -0.4 is 11.1 Å². The number of nitrogens with one attached hydrogen (secondary N) is 1. The Labute approximate surface area is 161 Å². The summed E-state index contributed by atoms with van der Waals surface area (Å²) in [6.45, 7) is 3.99. The van der Waals surface area contributed by atoms with E-state index in [0.717, 1.165) is 11.4 Å². The van der Waals surface area contributed by atoms with Crippen molar-refractivity contribution >= 4 is 29.1 Å². The lowest BCUT2D eigenvalue weighted by Gasteiger charge is -2.13. The Balaban J connectivity index is 1.92. The van der Waals surface area contributed by atoms with Crippen molar-refractivity contribution in [2.45, 2.75) is 19.8 Å². The lowest BCUT2D eigenvalue weighted by molar-refractivity contribution is 0.0998. The molecule has 0 unspecified atom stereocenters. The van der Waals surface area contributed by atoms with Crippen molar-refractivity contribution in [2.24, 2.45) is 5.73 Å². The summed E-state index contributed by atoms with van der Waals surface area (Å²) in [4.78, 5) is 23.9. The fraction of sp³-hybridized carbons (Fsp3) is 0.150. The van der Waals surface area contributed by atoms with Gasteiger partial charge in [-0.3, -0.25) is 9.59 Å². The van der Waals surface area contributed by atoms with Gasteiger partial charge >= 0.3 is 0 Å². The number of anilines is 1. The third-order valence-corrected chi connectivity index (χ3v) is 4.31. The number of rotatable bonds is 5. The number of aromatic nitrogens is 2. The molecular weight excluding hydrogens is 364 g/mol. The predicted molar refractivity (Wildman–Crippen MR) is 106 cm³/mol. The number of benzene rings is 2. The maximum absolute atomic E-state index is 12.8. The van der Waals surface area contributed by atoms with E-state index in [1.807, 2.05) is 26.0 Å². The van der Waals surface area contributed by atoms with E-state index in [1.165, 1.54) is 0 Å². The van der Waals surface area contributed by atoms with Gasteiger partial charge in [0.05, 0.1) is 23.1 Å². The predicted octanol–water partition coefficient (Wildman–Crippen LogP) is 4.00. The molecule has 0 saturated heterocycles. The molecule has 0 aliphatic rings. The number of hydrogen-bond acceptors (Lipinski definition) is 3. The van der Waals surface area contributed by atoms with Crippen LogP contribution in [-0.4, -0.2) is 21.6 Å². The fourth-order valence-corrected chi connectivity index (χ4v) is 3.00. The van der Waals surface area contributed by atoms with E-state index < -0.39 is 5.91 Å². The van der Waals surface area contributed by atoms with Crippen LogP contribution in [0.1, 0.15) is 46.2 Å². The maximum Gasteiger partial charge on any atom is 0.259 e. The zero-order chi connectivity index (χ0) is 19.6. The van der Waals surface area contributed by atoms with E-state index in [-0.39, 0.29) is 11.8 Å². The van der Waals surface area contributed by atoms with Crippen LogP contribution in [0.25, 0.3) is 5.69 Å². The number of amides is 2. The second-order valence-corrected chi connectivity index (χ2v) is 6.82. The van der Waals surface area contributed by atoms with E-state index in [0.29, 0.717) is 21.8 Å². The van der Waals surface area contributed by atoms with Gasteiger partial charge in [0.2, 0.25) is 5.91 Å². The monoisotopic (exact) mass is 382 g/mol. The first-order valence-electron chi connectivity index (χ1n) is 8.42. The van der Waals surface area contributed by atoms with Crippen molar-refractivity contribution in [1.29, 1.82) is 0 Å². The molecule has 3 rings (SSSR count). The van der Waals surface area contributed by atoms with Crippen molar-refractivity contribution in [3.05, 3.63) is 76.6 Å². The van der Waals surface area contributed by atoms with Gasteiger partial charge in [-0.1, -0.05) is 31.5 Å². The Bertz CT molecular complexity index is 993. The van der Waals surface area contributed by atoms with Crippen LogP contribution in [0.15, 0.2) is 54.7 Å². The van der Waals surface area contributed by atoms with Gasteiger partial charge in [0.15, 0.2) is 0 Å². The molecule has 27 heavy (non-hydrogen) atoms. The maximum atomic E-state index is 12.8. The highest BCUT2D eigenvalue weighted by molar-refractivity contribution is 6.30. The summed E-state index contributed by atoms with van der Waals surface area (Å²) in [5.41, 5.74) is 8.22. The Morgan fingerprint density at radius 3 is 2.44 bits per heavy atom. The summed E-state index contributed by atoms with van der Waals surface area (Å²) in [6.07, 6.45) is 1.54. The third kappa shape index (κ3) is 4.01. The van der Waals surface area contributed by atoms with E-state index in [4.69, 9.17) is 17.3 Å². The van der Waals surface area contributed by atoms with Gasteiger partial charge in [0.1, 0.15) is 0 Å². The second kappa shape index (κ2) is 7.63. The van der Waals surface area contributed by atoms with Gasteiger partial charge in [-0.15, -0.1) is 0 Å². The molecule has 0 saturated carbocycles. The molecular formula is C20H19ClN4O2. The quantitative estimate of drug-likeness (QED) is 0.698. The number of carbonyl (C=O) groups is 2. The number of hydrogen-bond donors (Lipinski definition) is 2. The lowest BCUT2D eigenvalue weighted by Crippen LogP contribution is -2.16. The van der Waals surface area contributed by atoms with E-state index in [9.17, 15) is 9.59 Å². The smallest absolute Gasteiger partial charge is 0.259 e. The number of nitrogens with zero attached hydrogens (tertiary/aromatic N) is 2. The summed E-state index contributed by atoms with van der Waals surface area (Å²) in [5, 5.41) is 7.81. The standard InChI is InChI=1S/C20H19ClN4O2/c1-12(2)18-17(11-23-25(18)16-5-3-4-14(21)10-16)20(27)24-15-8-6-13(7-9-15)19(22)26/h3-12H,1-2H3,(H2,22,26)(H,24,27). The largest absolute Gasteiger partial charge is 0.366 e. The highest BCUT2D eigenvalue weighted by atomic mass is 35.5. The zero-order valence-corrected chi connectivity index (χ0v) is 15.7. The highest BCUT2D eigenvalue weighted by Gasteiger charge is 2.21. The first kappa shape index (κ1) is 18.7. The van der Waals surface area contributed by atoms with Crippen LogP contribution in [-0.2, 0) is 0 Å². The summed E-state index contributed by atoms with van der Waals surface area (Å²) >= 11 is 6.09. The van der Waals surface area contributed by atoms with Crippen LogP contribution in [0.5, 0.6) is 0 Å². The molecule has 3 aromatic rings. The number of carbonyl (C=O) groups excluding carboxylic acids is 2. The average Bonchev–Trinajstić information content (AvgIpc) is 3.07. The van der Waals surface area contributed by atoms with Crippen molar-refractivity contribution in [2.75, 3.05) is 5.32 Å². The van der Waals surface area contributed by atoms with Gasteiger partial charge in [-0.05, 0) is 48.4 Å². The van der Waals surface area contributed by atoms with Gasteiger partial charge < -0.3 is 11.1 Å². The van der Waals surface area contributed by atoms with Crippen LogP contribution in [0.2, 0.25) is 5.02 Å². The van der Waals surface area contributed by atoms with Crippen LogP contribution >= 0.6 is 11.6 Å². The molecule has 7 heteroatoms. The minimum absolute atomic E-state index is 0.0597. The van der Waals surface area contributed by atoms with Gasteiger partial charge in [0, 0.05) is 16.3 Å². The topological polar surface area (TPSA) is 90.0 Å². The van der Waals surface area contributed by atoms with Crippen molar-refractivity contribution in [3.63, 3.8) is 0 Å². The zero-order valence-electron chi connectivity index (χ0n) is 14.9. The molecule has 2 aromatic carbocycles. The van der Waals surface area contributed by atoms with Crippen LogP contribution in [0, 0.1) is 0 Å². The molecule has 1 aromatic heterocycles. The molecule has 138 valence electrons. The van der Waals surface area contributed by atoms with E-state index >= 15 is 0 Å². The van der Waals surface area contributed by atoms with E-state index in [1.54, 1.807) is 47.3 Å². The van der Waals surface area contributed by atoms with Crippen molar-refractivity contribution < 1.29 is 9.59 Å². The Morgan fingerprint density at radius 1 is 1.15 bits per heavy atom. The number of primary amides is 1. The molecule has 6 nitrogen and oxygen atoms in total. The van der Waals surface area contributed by atoms with Crippen molar-refractivity contribution in [1.82, 2.24) is 9.78 Å². The van der Waals surface area contributed by atoms with Gasteiger partial charge in [0.25, 0.3) is 5.91 Å². The molecule has 0 aliphatic heterocycles. The number of nitrogens with two attached hydrogens (primary N) is 1.